The standard InChI is InChI=1S/C38H24NO.C19H26GeN.Ir/c1-3-12-25(13-4-1)27-22-23-29(33(24-27)26-14-5-2-6-15-26)36-31-17-7-9-20-34(31)39-37(36)32-19-11-18-30-28-16-8-10-21-35(28)40-38(30)32;1-19(2,3)13-16-12-18(15-10-8-7-9-11-15)21-14-17(16)20(4,5)6;/h1-18,20-24,36H;7-10,12,14H,13H2,1-6H3;/q2*-1;. The van der Waals surface area contributed by atoms with E-state index in [1.807, 2.05) is 36.4 Å². The van der Waals surface area contributed by atoms with E-state index in [4.69, 9.17) is 14.4 Å². The van der Waals surface area contributed by atoms with Crippen molar-refractivity contribution in [1.82, 2.24) is 4.98 Å². The van der Waals surface area contributed by atoms with E-state index in [0.29, 0.717) is 5.41 Å². The largest absolute Gasteiger partial charge is 0.501 e. The third-order valence-corrected chi connectivity index (χ3v) is 15.8. The van der Waals surface area contributed by atoms with Crippen molar-refractivity contribution in [1.29, 1.82) is 0 Å². The molecule has 0 N–H and O–H groups in total. The van der Waals surface area contributed by atoms with Gasteiger partial charge in [-0.2, -0.15) is 0 Å². The van der Waals surface area contributed by atoms with Gasteiger partial charge >= 0.3 is 132 Å². The molecule has 0 bridgehead atoms. The van der Waals surface area contributed by atoms with Crippen LogP contribution in [0.5, 0.6) is 0 Å². The molecule has 309 valence electrons. The first kappa shape index (κ1) is 43.0. The van der Waals surface area contributed by atoms with Crippen molar-refractivity contribution in [3.05, 3.63) is 210 Å². The van der Waals surface area contributed by atoms with E-state index in [2.05, 4.69) is 190 Å². The van der Waals surface area contributed by atoms with Crippen LogP contribution in [0.25, 0.3) is 55.4 Å². The van der Waals surface area contributed by atoms with Gasteiger partial charge in [0.25, 0.3) is 0 Å². The van der Waals surface area contributed by atoms with Crippen molar-refractivity contribution >= 4 is 51.0 Å². The van der Waals surface area contributed by atoms with Gasteiger partial charge in [0.2, 0.25) is 0 Å². The zero-order chi connectivity index (χ0) is 42.1. The number of pyridine rings is 1. The summed E-state index contributed by atoms with van der Waals surface area (Å²) in [5.74, 6) is 7.26. The summed E-state index contributed by atoms with van der Waals surface area (Å²) < 4.78 is 7.99. The molecule has 0 amide bonds. The number of rotatable bonds is 7. The number of furan rings is 1. The van der Waals surface area contributed by atoms with Crippen LogP contribution in [0.15, 0.2) is 185 Å². The van der Waals surface area contributed by atoms with Crippen LogP contribution in [0, 0.1) is 17.5 Å². The molecule has 62 heavy (non-hydrogen) atoms. The minimum absolute atomic E-state index is 0. The average Bonchev–Trinajstić information content (AvgIpc) is 3.85. The van der Waals surface area contributed by atoms with Gasteiger partial charge in [-0.15, -0.1) is 18.2 Å². The first-order valence-corrected chi connectivity index (χ1v) is 28.6. The Morgan fingerprint density at radius 3 is 2.05 bits per heavy atom. The Balaban J connectivity index is 0.000000205. The molecule has 0 spiro atoms. The van der Waals surface area contributed by atoms with E-state index in [9.17, 15) is 0 Å². The van der Waals surface area contributed by atoms with Crippen LogP contribution in [0.1, 0.15) is 48.9 Å². The van der Waals surface area contributed by atoms with Gasteiger partial charge in [-0.3, -0.25) is 4.99 Å². The summed E-state index contributed by atoms with van der Waals surface area (Å²) in [5.41, 5.74) is 15.7. The van der Waals surface area contributed by atoms with Crippen LogP contribution < -0.4 is 4.40 Å². The topological polar surface area (TPSA) is 38.4 Å². The molecule has 0 aliphatic carbocycles. The van der Waals surface area contributed by atoms with Gasteiger partial charge in [-0.1, -0.05) is 120 Å². The molecule has 7 aromatic carbocycles. The molecule has 1 aliphatic rings. The van der Waals surface area contributed by atoms with E-state index < -0.39 is 13.3 Å². The van der Waals surface area contributed by atoms with Crippen molar-refractivity contribution in [2.75, 3.05) is 0 Å². The number of hydrogen-bond acceptors (Lipinski definition) is 3. The van der Waals surface area contributed by atoms with Gasteiger partial charge in [0.1, 0.15) is 5.58 Å². The molecular weight excluding hydrogens is 993 g/mol. The van der Waals surface area contributed by atoms with Gasteiger partial charge in [-0.05, 0) is 57.3 Å². The molecular formula is C57H50GeIrN2O-2. The second kappa shape index (κ2) is 18.0. The van der Waals surface area contributed by atoms with Crippen LogP contribution >= 0.6 is 0 Å². The van der Waals surface area contributed by atoms with E-state index in [0.717, 1.165) is 56.6 Å². The molecule has 1 atom stereocenters. The minimum atomic E-state index is -1.90. The number of para-hydroxylation sites is 2. The van der Waals surface area contributed by atoms with Gasteiger partial charge < -0.3 is 4.42 Å². The number of aromatic nitrogens is 1. The molecule has 0 fully saturated rings. The fourth-order valence-corrected chi connectivity index (χ4v) is 12.0. The SMILES string of the molecule is CC(C)(C)Cc1cc(-c2[c-]cccc2)nc[c]1[Ge]([CH3])([CH3])[CH3].[Ir].[c-]1ccc2c(oc3ccccc32)c1C1=Nc2ccccc2C1c1ccc(-c2ccccc2)cc1-c1ccccc1. The van der Waals surface area contributed by atoms with Crippen molar-refractivity contribution in [2.45, 2.75) is 50.4 Å². The van der Waals surface area contributed by atoms with Gasteiger partial charge in [0, 0.05) is 31.4 Å². The first-order chi connectivity index (χ1) is 29.5. The van der Waals surface area contributed by atoms with E-state index in [1.54, 1.807) is 0 Å². The minimum Gasteiger partial charge on any atom is -0.501 e. The monoisotopic (exact) mass is 1050 g/mol. The molecule has 10 rings (SSSR count). The smallest absolute Gasteiger partial charge is 0.120 e. The summed E-state index contributed by atoms with van der Waals surface area (Å²) in [6.07, 6.45) is 3.24. The second-order valence-electron chi connectivity index (χ2n) is 18.2. The Bertz CT molecular complexity index is 3010. The molecule has 1 aliphatic heterocycles. The van der Waals surface area contributed by atoms with Crippen LogP contribution in [0.3, 0.4) is 0 Å². The van der Waals surface area contributed by atoms with Crippen LogP contribution in [0.2, 0.25) is 17.3 Å². The van der Waals surface area contributed by atoms with E-state index in [-0.39, 0.29) is 26.0 Å². The van der Waals surface area contributed by atoms with Gasteiger partial charge in [0.15, 0.2) is 0 Å². The predicted octanol–water partition coefficient (Wildman–Crippen LogP) is 14.7. The maximum Gasteiger partial charge on any atom is 0.120 e. The Labute approximate surface area is 382 Å². The summed E-state index contributed by atoms with van der Waals surface area (Å²) >= 11 is -1.90. The summed E-state index contributed by atoms with van der Waals surface area (Å²) in [6, 6.07) is 66.0. The van der Waals surface area contributed by atoms with Crippen LogP contribution in [-0.2, 0) is 26.5 Å². The Morgan fingerprint density at radius 1 is 0.629 bits per heavy atom. The Hall–Kier alpha value is -5.65. The first-order valence-electron chi connectivity index (χ1n) is 21.2. The fourth-order valence-electron chi connectivity index (χ4n) is 8.65. The molecule has 3 heterocycles. The van der Waals surface area contributed by atoms with Gasteiger partial charge in [0.05, 0.1) is 11.3 Å². The summed E-state index contributed by atoms with van der Waals surface area (Å²) in [7, 11) is 0. The number of benzene rings is 7. The number of hydrogen-bond donors (Lipinski definition) is 0. The zero-order valence-electron chi connectivity index (χ0n) is 36.2. The molecule has 0 saturated carbocycles. The third kappa shape index (κ3) is 8.97. The predicted molar refractivity (Wildman–Crippen MR) is 259 cm³/mol. The molecule has 5 heteroatoms. The quantitative estimate of drug-likeness (QED) is 0.118. The number of nitrogens with zero attached hydrogens (tertiary/aromatic N) is 2. The molecule has 0 saturated heterocycles. The molecule has 9 aromatic rings. The van der Waals surface area contributed by atoms with E-state index >= 15 is 0 Å². The fraction of sp³-hybridized carbons (Fsp3) is 0.158. The summed E-state index contributed by atoms with van der Waals surface area (Å²) in [6.45, 7) is 6.92. The molecule has 1 unspecified atom stereocenters. The van der Waals surface area contributed by atoms with Crippen molar-refractivity contribution in [2.24, 2.45) is 10.4 Å². The van der Waals surface area contributed by atoms with Crippen molar-refractivity contribution in [3.8, 4) is 33.5 Å². The third-order valence-electron chi connectivity index (χ3n) is 11.4. The molecule has 3 nitrogen and oxygen atoms in total. The zero-order valence-corrected chi connectivity index (χ0v) is 40.7. The molecule has 1 radical (unpaired) electrons. The summed E-state index contributed by atoms with van der Waals surface area (Å²) in [4.78, 5) is 9.96. The van der Waals surface area contributed by atoms with Crippen LogP contribution in [0.4, 0.5) is 5.69 Å². The van der Waals surface area contributed by atoms with Crippen molar-refractivity contribution < 1.29 is 24.5 Å². The maximum atomic E-state index is 6.46. The Morgan fingerprint density at radius 2 is 1.32 bits per heavy atom. The Kier molecular flexibility index (Phi) is 12.5. The van der Waals surface area contributed by atoms with E-state index in [1.165, 1.54) is 43.3 Å². The van der Waals surface area contributed by atoms with Crippen LogP contribution in [-0.4, -0.2) is 24.0 Å². The second-order valence-corrected chi connectivity index (χ2v) is 28.8. The van der Waals surface area contributed by atoms with Crippen molar-refractivity contribution in [3.63, 3.8) is 0 Å². The number of aliphatic imine (C=N–C) groups is 1. The summed E-state index contributed by atoms with van der Waals surface area (Å²) in [5, 5.41) is 2.20. The normalized spacial score (nSPS) is 13.5. The number of fused-ring (bicyclic) bond motifs is 4. The molecule has 2 aromatic heterocycles. The average molecular weight is 1040 g/mol. The maximum absolute atomic E-state index is 6.46. The van der Waals surface area contributed by atoms with Gasteiger partial charge in [-0.25, -0.2) is 0 Å².